The Morgan fingerprint density at radius 3 is 2.82 bits per heavy atom. The minimum Gasteiger partial charge on any atom is -0.392 e. The number of halogens is 2. The Morgan fingerprint density at radius 2 is 2.12 bits per heavy atom. The first kappa shape index (κ1) is 12.9. The predicted octanol–water partition coefficient (Wildman–Crippen LogP) is 4.14. The maximum atomic E-state index is 9.32. The largest absolute Gasteiger partial charge is 0.392 e. The first-order chi connectivity index (χ1) is 8.22. The molecule has 2 rings (SSSR count). The van der Waals surface area contributed by atoms with Crippen molar-refractivity contribution >= 4 is 39.3 Å². The first-order valence-electron chi connectivity index (χ1n) is 4.89. The number of benzene rings is 1. The zero-order valence-electron chi connectivity index (χ0n) is 8.73. The van der Waals surface area contributed by atoms with E-state index in [9.17, 15) is 5.11 Å². The second-order valence-corrected chi connectivity index (χ2v) is 5.56. The molecule has 1 aromatic carbocycles. The molecule has 1 heterocycles. The highest BCUT2D eigenvalue weighted by Crippen LogP contribution is 2.35. The van der Waals surface area contributed by atoms with E-state index in [0.29, 0.717) is 5.02 Å². The molecule has 0 aliphatic heterocycles. The molecular weight excluding hydrogens is 322 g/mol. The van der Waals surface area contributed by atoms with Crippen LogP contribution in [0.2, 0.25) is 5.02 Å². The van der Waals surface area contributed by atoms with Crippen LogP contribution in [0.3, 0.4) is 0 Å². The van der Waals surface area contributed by atoms with Gasteiger partial charge in [0.2, 0.25) is 0 Å². The fourth-order valence-corrected chi connectivity index (χ4v) is 3.06. The lowest BCUT2D eigenvalue weighted by atomic mass is 10.2. The summed E-state index contributed by atoms with van der Waals surface area (Å²) in [5.74, 6) is 0. The van der Waals surface area contributed by atoms with Gasteiger partial charge in [0.1, 0.15) is 5.03 Å². The number of hydrogen-bond acceptors (Lipinski definition) is 3. The van der Waals surface area contributed by atoms with Gasteiger partial charge in [0, 0.05) is 21.7 Å². The maximum Gasteiger partial charge on any atom is 0.115 e. The van der Waals surface area contributed by atoms with Crippen LogP contribution in [-0.2, 0) is 6.61 Å². The molecule has 17 heavy (non-hydrogen) atoms. The van der Waals surface area contributed by atoms with Gasteiger partial charge in [-0.05, 0) is 40.2 Å². The summed E-state index contributed by atoms with van der Waals surface area (Å²) in [6, 6.07) is 9.34. The lowest BCUT2D eigenvalue weighted by Gasteiger charge is -2.08. The fourth-order valence-electron chi connectivity index (χ4n) is 1.34. The zero-order chi connectivity index (χ0) is 12.3. The Bertz CT molecular complexity index is 536. The van der Waals surface area contributed by atoms with Gasteiger partial charge >= 0.3 is 0 Å². The smallest absolute Gasteiger partial charge is 0.115 e. The van der Waals surface area contributed by atoms with Crippen LogP contribution in [0.25, 0.3) is 0 Å². The van der Waals surface area contributed by atoms with Gasteiger partial charge in [0.25, 0.3) is 0 Å². The normalized spacial score (nSPS) is 10.5. The summed E-state index contributed by atoms with van der Waals surface area (Å²) in [5, 5.41) is 10.7. The Hall–Kier alpha value is -0.550. The molecule has 0 aliphatic carbocycles. The van der Waals surface area contributed by atoms with E-state index in [1.54, 1.807) is 12.3 Å². The van der Waals surface area contributed by atoms with Crippen LogP contribution in [-0.4, -0.2) is 10.1 Å². The van der Waals surface area contributed by atoms with Crippen molar-refractivity contribution in [2.75, 3.05) is 0 Å². The zero-order valence-corrected chi connectivity index (χ0v) is 11.9. The molecule has 0 saturated carbocycles. The molecule has 0 radical (unpaired) electrons. The van der Waals surface area contributed by atoms with E-state index in [2.05, 4.69) is 20.9 Å². The molecule has 2 aromatic rings. The average molecular weight is 331 g/mol. The Kier molecular flexibility index (Phi) is 4.45. The van der Waals surface area contributed by atoms with Gasteiger partial charge in [-0.15, -0.1) is 0 Å². The second-order valence-electron chi connectivity index (χ2n) is 3.27. The fraction of sp³-hybridized carbons (Fsp3) is 0.0833. The lowest BCUT2D eigenvalue weighted by Crippen LogP contribution is -1.90. The molecule has 1 N–H and O–H groups in total. The Balaban J connectivity index is 2.37. The van der Waals surface area contributed by atoms with E-state index in [0.717, 1.165) is 20.0 Å². The average Bonchev–Trinajstić information content (AvgIpc) is 2.32. The third-order valence-electron chi connectivity index (χ3n) is 2.17. The summed E-state index contributed by atoms with van der Waals surface area (Å²) in [6.07, 6.45) is 1.73. The topological polar surface area (TPSA) is 33.1 Å². The van der Waals surface area contributed by atoms with Crippen molar-refractivity contribution in [3.8, 4) is 0 Å². The van der Waals surface area contributed by atoms with E-state index >= 15 is 0 Å². The molecular formula is C12H9BrClNOS. The molecule has 0 atom stereocenters. The van der Waals surface area contributed by atoms with E-state index in [-0.39, 0.29) is 6.61 Å². The van der Waals surface area contributed by atoms with Crippen LogP contribution < -0.4 is 0 Å². The summed E-state index contributed by atoms with van der Waals surface area (Å²) in [7, 11) is 0. The molecule has 0 amide bonds. The van der Waals surface area contributed by atoms with Crippen LogP contribution in [0.4, 0.5) is 0 Å². The Morgan fingerprint density at radius 1 is 1.29 bits per heavy atom. The van der Waals surface area contributed by atoms with Gasteiger partial charge in [-0.2, -0.15) is 0 Å². The third kappa shape index (κ3) is 3.01. The predicted molar refractivity (Wildman–Crippen MR) is 73.4 cm³/mol. The standard InChI is InChI=1S/C12H9BrClNOS/c13-9-3-2-6-15-12(9)17-11-5-1-4-10(14)8(11)7-16/h1-6,16H,7H2. The van der Waals surface area contributed by atoms with Crippen molar-refractivity contribution in [1.29, 1.82) is 0 Å². The van der Waals surface area contributed by atoms with Gasteiger partial charge in [-0.25, -0.2) is 4.98 Å². The van der Waals surface area contributed by atoms with E-state index < -0.39 is 0 Å². The van der Waals surface area contributed by atoms with Crippen LogP contribution in [0, 0.1) is 0 Å². The van der Waals surface area contributed by atoms with Gasteiger partial charge in [-0.3, -0.25) is 0 Å². The van der Waals surface area contributed by atoms with E-state index in [4.69, 9.17) is 11.6 Å². The van der Waals surface area contributed by atoms with Crippen molar-refractivity contribution < 1.29 is 5.11 Å². The van der Waals surface area contributed by atoms with Gasteiger partial charge in [0.05, 0.1) is 11.1 Å². The highest BCUT2D eigenvalue weighted by Gasteiger charge is 2.09. The summed E-state index contributed by atoms with van der Waals surface area (Å²) in [5.41, 5.74) is 0.733. The lowest BCUT2D eigenvalue weighted by molar-refractivity contribution is 0.279. The molecule has 5 heteroatoms. The first-order valence-corrected chi connectivity index (χ1v) is 6.87. The molecule has 0 saturated heterocycles. The second kappa shape index (κ2) is 5.87. The minimum absolute atomic E-state index is 0.0769. The molecule has 0 aliphatic rings. The third-order valence-corrected chi connectivity index (χ3v) is 4.54. The number of nitrogens with zero attached hydrogens (tertiary/aromatic N) is 1. The number of rotatable bonds is 3. The van der Waals surface area contributed by atoms with Crippen molar-refractivity contribution in [2.45, 2.75) is 16.5 Å². The molecule has 0 bridgehead atoms. The van der Waals surface area contributed by atoms with Crippen LogP contribution in [0.15, 0.2) is 50.9 Å². The number of aromatic nitrogens is 1. The molecule has 0 unspecified atom stereocenters. The Labute approximate surface area is 117 Å². The van der Waals surface area contributed by atoms with Crippen molar-refractivity contribution in [3.05, 3.63) is 51.6 Å². The van der Waals surface area contributed by atoms with Crippen LogP contribution in [0.5, 0.6) is 0 Å². The number of pyridine rings is 1. The van der Waals surface area contributed by atoms with Crippen molar-refractivity contribution in [3.63, 3.8) is 0 Å². The summed E-state index contributed by atoms with van der Waals surface area (Å²) in [4.78, 5) is 5.19. The summed E-state index contributed by atoms with van der Waals surface area (Å²) < 4.78 is 0.925. The van der Waals surface area contributed by atoms with Crippen LogP contribution >= 0.6 is 39.3 Å². The molecule has 2 nitrogen and oxygen atoms in total. The molecule has 88 valence electrons. The maximum absolute atomic E-state index is 9.32. The number of aliphatic hydroxyl groups excluding tert-OH is 1. The highest BCUT2D eigenvalue weighted by atomic mass is 79.9. The van der Waals surface area contributed by atoms with Gasteiger partial charge in [0.15, 0.2) is 0 Å². The molecule has 0 fully saturated rings. The van der Waals surface area contributed by atoms with Crippen LogP contribution in [0.1, 0.15) is 5.56 Å². The van der Waals surface area contributed by atoms with Gasteiger partial charge in [-0.1, -0.05) is 29.4 Å². The summed E-state index contributed by atoms with van der Waals surface area (Å²) in [6.45, 7) is -0.0769. The monoisotopic (exact) mass is 329 g/mol. The van der Waals surface area contributed by atoms with E-state index in [1.807, 2.05) is 24.3 Å². The molecule has 1 aromatic heterocycles. The van der Waals surface area contributed by atoms with Crippen molar-refractivity contribution in [2.24, 2.45) is 0 Å². The SMILES string of the molecule is OCc1c(Cl)cccc1Sc1ncccc1Br. The van der Waals surface area contributed by atoms with Crippen molar-refractivity contribution in [1.82, 2.24) is 4.98 Å². The van der Waals surface area contributed by atoms with E-state index in [1.165, 1.54) is 11.8 Å². The van der Waals surface area contributed by atoms with Gasteiger partial charge < -0.3 is 5.11 Å². The number of aliphatic hydroxyl groups is 1. The summed E-state index contributed by atoms with van der Waals surface area (Å²) >= 11 is 10.9. The molecule has 0 spiro atoms. The quantitative estimate of drug-likeness (QED) is 0.918. The highest BCUT2D eigenvalue weighted by molar-refractivity contribution is 9.10. The minimum atomic E-state index is -0.0769. The number of hydrogen-bond donors (Lipinski definition) is 1.